The second kappa shape index (κ2) is 13.6. The van der Waals surface area contributed by atoms with Crippen LogP contribution in [-0.2, 0) is 16.1 Å². The number of nitrogens with one attached hydrogen (secondary N) is 1. The topological polar surface area (TPSA) is 95.0 Å². The monoisotopic (exact) mass is 554 g/mol. The van der Waals surface area contributed by atoms with Crippen LogP contribution in [0, 0.1) is 0 Å². The number of nitrogens with zero attached hydrogens (tertiary/aromatic N) is 3. The summed E-state index contributed by atoms with van der Waals surface area (Å²) in [6, 6.07) is 6.67. The van der Waals surface area contributed by atoms with Crippen molar-refractivity contribution in [3.8, 4) is 0 Å². The van der Waals surface area contributed by atoms with Crippen molar-refractivity contribution >= 4 is 51.7 Å². The summed E-state index contributed by atoms with van der Waals surface area (Å²) in [5, 5.41) is 18.2. The Hall–Kier alpha value is -1.85. The quantitative estimate of drug-likeness (QED) is 0.358. The molecule has 1 aromatic heterocycles. The zero-order valence-corrected chi connectivity index (χ0v) is 23.6. The van der Waals surface area contributed by atoms with Crippen molar-refractivity contribution in [2.24, 2.45) is 0 Å². The first-order valence-corrected chi connectivity index (χ1v) is 14.7. The maximum absolute atomic E-state index is 13.2. The van der Waals surface area contributed by atoms with Gasteiger partial charge in [0.25, 0.3) is 5.91 Å². The molecule has 1 aromatic carbocycles. The van der Waals surface area contributed by atoms with Crippen LogP contribution in [0.15, 0.2) is 24.3 Å². The average Bonchev–Trinajstić information content (AvgIpc) is 3.32. The lowest BCUT2D eigenvalue weighted by atomic mass is 10.1. The highest BCUT2D eigenvalue weighted by molar-refractivity contribution is 7.98. The van der Waals surface area contributed by atoms with E-state index in [1.54, 1.807) is 23.9 Å². The van der Waals surface area contributed by atoms with E-state index in [-0.39, 0.29) is 17.9 Å². The van der Waals surface area contributed by atoms with Crippen LogP contribution >= 0.6 is 34.7 Å². The minimum atomic E-state index is -0.857. The van der Waals surface area contributed by atoms with Crippen LogP contribution in [-0.4, -0.2) is 71.3 Å². The minimum absolute atomic E-state index is 0.0142. The molecular formula is C25H35ClN4O4S2. The summed E-state index contributed by atoms with van der Waals surface area (Å²) in [5.41, 5.74) is 1.66. The maximum Gasteiger partial charge on any atom is 0.322 e. The van der Waals surface area contributed by atoms with E-state index >= 15 is 0 Å². The Kier molecular flexibility index (Phi) is 10.9. The number of aromatic nitrogens is 1. The van der Waals surface area contributed by atoms with Gasteiger partial charge in [-0.2, -0.15) is 11.8 Å². The SMILES string of the molecule is CSCC[C@@H](C(=O)O)N(C1CCOCC1)N(C)c1nc(C(C)C)c(C(=O)NCc2ccc(Cl)cc2)s1. The number of carbonyl (C=O) groups excluding carboxylic acids is 1. The number of ether oxygens (including phenoxy) is 1. The number of hydrazine groups is 1. The lowest BCUT2D eigenvalue weighted by molar-refractivity contribution is -0.145. The standard InChI is InChI=1S/C25H35ClN4O4S2/c1-16(2)21-22(23(31)27-15-17-5-7-18(26)8-6-17)36-25(28-21)29(3)30(19-9-12-34-13-10-19)20(24(32)33)11-14-35-4/h5-8,16,19-20H,9-15H2,1-4H3,(H,27,31)(H,32,33)/t20-/m0/s1. The van der Waals surface area contributed by atoms with Crippen molar-refractivity contribution in [3.63, 3.8) is 0 Å². The molecule has 0 bridgehead atoms. The second-order valence-corrected chi connectivity index (χ2v) is 11.5. The van der Waals surface area contributed by atoms with E-state index in [1.807, 2.05) is 49.3 Å². The molecule has 0 aliphatic carbocycles. The molecule has 8 nitrogen and oxygen atoms in total. The van der Waals surface area contributed by atoms with Gasteiger partial charge >= 0.3 is 5.97 Å². The minimum Gasteiger partial charge on any atom is -0.480 e. The van der Waals surface area contributed by atoms with Crippen molar-refractivity contribution in [1.29, 1.82) is 0 Å². The Morgan fingerprint density at radius 2 is 1.94 bits per heavy atom. The van der Waals surface area contributed by atoms with E-state index in [9.17, 15) is 14.7 Å². The summed E-state index contributed by atoms with van der Waals surface area (Å²) < 4.78 is 5.54. The molecule has 1 saturated heterocycles. The number of anilines is 1. The van der Waals surface area contributed by atoms with Gasteiger partial charge < -0.3 is 15.2 Å². The molecule has 1 aliphatic heterocycles. The summed E-state index contributed by atoms with van der Waals surface area (Å²) in [6.45, 7) is 5.57. The molecule has 2 N–H and O–H groups in total. The van der Waals surface area contributed by atoms with Crippen LogP contribution in [0.4, 0.5) is 5.13 Å². The lowest BCUT2D eigenvalue weighted by Gasteiger charge is -2.43. The van der Waals surface area contributed by atoms with Gasteiger partial charge in [-0.15, -0.1) is 0 Å². The third-order valence-electron chi connectivity index (χ3n) is 6.15. The molecular weight excluding hydrogens is 520 g/mol. The molecule has 2 aromatic rings. The van der Waals surface area contributed by atoms with Gasteiger partial charge in [-0.3, -0.25) is 14.6 Å². The number of carboxylic acids is 1. The Bertz CT molecular complexity index is 1010. The van der Waals surface area contributed by atoms with Crippen molar-refractivity contribution in [2.45, 2.75) is 57.7 Å². The molecule has 2 heterocycles. The summed E-state index contributed by atoms with van der Waals surface area (Å²) >= 11 is 8.89. The molecule has 1 fully saturated rings. The number of amides is 1. The van der Waals surface area contributed by atoms with E-state index in [0.29, 0.717) is 46.9 Å². The third kappa shape index (κ3) is 7.35. The van der Waals surface area contributed by atoms with Crippen LogP contribution < -0.4 is 10.3 Å². The van der Waals surface area contributed by atoms with Crippen LogP contribution in [0.3, 0.4) is 0 Å². The molecule has 1 atom stereocenters. The number of aliphatic carboxylic acids is 1. The van der Waals surface area contributed by atoms with E-state index in [2.05, 4.69) is 5.32 Å². The Morgan fingerprint density at radius 3 is 2.53 bits per heavy atom. The largest absolute Gasteiger partial charge is 0.480 e. The number of hydrogen-bond donors (Lipinski definition) is 2. The van der Waals surface area contributed by atoms with Crippen molar-refractivity contribution in [1.82, 2.24) is 15.3 Å². The molecule has 1 aliphatic rings. The maximum atomic E-state index is 13.2. The Morgan fingerprint density at radius 1 is 1.28 bits per heavy atom. The molecule has 36 heavy (non-hydrogen) atoms. The molecule has 0 saturated carbocycles. The highest BCUT2D eigenvalue weighted by Crippen LogP contribution is 2.33. The highest BCUT2D eigenvalue weighted by atomic mass is 35.5. The van der Waals surface area contributed by atoms with Gasteiger partial charge in [0.05, 0.1) is 5.69 Å². The number of rotatable bonds is 12. The Labute approximate surface area is 226 Å². The van der Waals surface area contributed by atoms with E-state index in [4.69, 9.17) is 21.3 Å². The normalized spacial score (nSPS) is 15.3. The van der Waals surface area contributed by atoms with Crippen molar-refractivity contribution in [3.05, 3.63) is 45.4 Å². The molecule has 3 rings (SSSR count). The van der Waals surface area contributed by atoms with Gasteiger partial charge in [0.1, 0.15) is 10.9 Å². The number of thioether (sulfide) groups is 1. The van der Waals surface area contributed by atoms with Crippen LogP contribution in [0.25, 0.3) is 0 Å². The molecule has 0 unspecified atom stereocenters. The second-order valence-electron chi connectivity index (χ2n) is 9.06. The number of benzene rings is 1. The molecule has 0 spiro atoms. The zero-order chi connectivity index (χ0) is 26.2. The lowest BCUT2D eigenvalue weighted by Crippen LogP contribution is -2.57. The van der Waals surface area contributed by atoms with Gasteiger partial charge in [-0.25, -0.2) is 9.99 Å². The fourth-order valence-corrected chi connectivity index (χ4v) is 5.92. The smallest absolute Gasteiger partial charge is 0.322 e. The number of carbonyl (C=O) groups is 2. The van der Waals surface area contributed by atoms with E-state index < -0.39 is 12.0 Å². The molecule has 1 amide bonds. The predicted molar refractivity (Wildman–Crippen MR) is 147 cm³/mol. The van der Waals surface area contributed by atoms with Gasteiger partial charge in [0.15, 0.2) is 0 Å². The van der Waals surface area contributed by atoms with Gasteiger partial charge in [0.2, 0.25) is 5.13 Å². The summed E-state index contributed by atoms with van der Waals surface area (Å²) in [7, 11) is 1.85. The van der Waals surface area contributed by atoms with Crippen LogP contribution in [0.1, 0.15) is 60.0 Å². The van der Waals surface area contributed by atoms with Gasteiger partial charge in [0, 0.05) is 37.9 Å². The van der Waals surface area contributed by atoms with Crippen molar-refractivity contribution in [2.75, 3.05) is 37.3 Å². The molecule has 11 heteroatoms. The first kappa shape index (κ1) is 28.7. The molecule has 198 valence electrons. The molecule has 0 radical (unpaired) electrons. The number of halogens is 1. The third-order valence-corrected chi connectivity index (χ3v) is 8.18. The van der Waals surface area contributed by atoms with E-state index in [1.165, 1.54) is 11.3 Å². The number of carboxylic acid groups (broad SMARTS) is 1. The van der Waals surface area contributed by atoms with Gasteiger partial charge in [-0.1, -0.05) is 48.9 Å². The summed E-state index contributed by atoms with van der Waals surface area (Å²) in [4.78, 5) is 30.9. The highest BCUT2D eigenvalue weighted by Gasteiger charge is 2.37. The first-order valence-electron chi connectivity index (χ1n) is 12.1. The summed E-state index contributed by atoms with van der Waals surface area (Å²) in [5.74, 6) is -0.287. The average molecular weight is 555 g/mol. The fraction of sp³-hybridized carbons (Fsp3) is 0.560. The predicted octanol–water partition coefficient (Wildman–Crippen LogP) is 4.89. The zero-order valence-electron chi connectivity index (χ0n) is 21.2. The Balaban J connectivity index is 1.88. The van der Waals surface area contributed by atoms with Crippen molar-refractivity contribution < 1.29 is 19.4 Å². The van der Waals surface area contributed by atoms with Crippen LogP contribution in [0.2, 0.25) is 5.02 Å². The fourth-order valence-electron chi connectivity index (χ4n) is 4.23. The summed E-state index contributed by atoms with van der Waals surface area (Å²) in [6.07, 6.45) is 3.97. The number of thiazole rings is 1. The van der Waals surface area contributed by atoms with Gasteiger partial charge in [-0.05, 0) is 54.9 Å². The first-order chi connectivity index (χ1) is 17.2. The van der Waals surface area contributed by atoms with Crippen LogP contribution in [0.5, 0.6) is 0 Å². The van der Waals surface area contributed by atoms with E-state index in [0.717, 1.165) is 24.2 Å². The number of hydrogen-bond acceptors (Lipinski definition) is 8.